The van der Waals surface area contributed by atoms with Crippen LogP contribution in [0.15, 0.2) is 85.1 Å². The van der Waals surface area contributed by atoms with Crippen molar-refractivity contribution in [1.29, 1.82) is 0 Å². The Hall–Kier alpha value is -3.90. The van der Waals surface area contributed by atoms with Crippen molar-refractivity contribution in [1.82, 2.24) is 15.1 Å². The van der Waals surface area contributed by atoms with Gasteiger partial charge in [0.15, 0.2) is 0 Å². The number of anilines is 1. The maximum atomic E-state index is 12.7. The second kappa shape index (κ2) is 10.8. The van der Waals surface area contributed by atoms with Gasteiger partial charge in [-0.05, 0) is 42.3 Å². The van der Waals surface area contributed by atoms with Crippen LogP contribution in [0.2, 0.25) is 5.02 Å². The van der Waals surface area contributed by atoms with Crippen molar-refractivity contribution in [2.45, 2.75) is 19.8 Å². The Labute approximate surface area is 203 Å². The molecule has 0 radical (unpaired) electrons. The van der Waals surface area contributed by atoms with Crippen LogP contribution >= 0.6 is 11.6 Å². The number of aryl methyl sites for hydroxylation is 1. The van der Waals surface area contributed by atoms with Gasteiger partial charge < -0.3 is 10.6 Å². The van der Waals surface area contributed by atoms with Gasteiger partial charge in [-0.2, -0.15) is 5.10 Å². The zero-order valence-electron chi connectivity index (χ0n) is 18.8. The molecule has 0 aliphatic carbocycles. The summed E-state index contributed by atoms with van der Waals surface area (Å²) in [4.78, 5) is 25.1. The third-order valence-electron chi connectivity index (χ3n) is 5.40. The van der Waals surface area contributed by atoms with E-state index in [9.17, 15) is 9.59 Å². The van der Waals surface area contributed by atoms with E-state index in [0.29, 0.717) is 10.7 Å². The Balaban J connectivity index is 1.47. The van der Waals surface area contributed by atoms with Crippen LogP contribution in [0.25, 0.3) is 16.9 Å². The fourth-order valence-corrected chi connectivity index (χ4v) is 3.79. The van der Waals surface area contributed by atoms with E-state index in [1.165, 1.54) is 0 Å². The predicted molar refractivity (Wildman–Crippen MR) is 135 cm³/mol. The van der Waals surface area contributed by atoms with Gasteiger partial charge >= 0.3 is 0 Å². The quantitative estimate of drug-likeness (QED) is 0.376. The summed E-state index contributed by atoms with van der Waals surface area (Å²) in [5.41, 5.74) is 4.99. The molecule has 0 bridgehead atoms. The van der Waals surface area contributed by atoms with Gasteiger partial charge in [-0.25, -0.2) is 4.68 Å². The normalized spacial score (nSPS) is 10.6. The van der Waals surface area contributed by atoms with Crippen molar-refractivity contribution in [3.8, 4) is 16.9 Å². The lowest BCUT2D eigenvalue weighted by Crippen LogP contribution is -2.34. The molecule has 6 nitrogen and oxygen atoms in total. The molecule has 7 heteroatoms. The first-order chi connectivity index (χ1) is 16.5. The van der Waals surface area contributed by atoms with Gasteiger partial charge in [0.25, 0.3) is 0 Å². The number of rotatable bonds is 8. The topological polar surface area (TPSA) is 76.0 Å². The summed E-state index contributed by atoms with van der Waals surface area (Å²) in [7, 11) is 0. The maximum absolute atomic E-state index is 12.7. The largest absolute Gasteiger partial charge is 0.347 e. The molecular formula is C27H25ClN4O2. The Kier molecular flexibility index (Phi) is 7.40. The number of hydrogen-bond acceptors (Lipinski definition) is 3. The number of carbonyl (C=O) groups is 2. The summed E-state index contributed by atoms with van der Waals surface area (Å²) in [6, 6.07) is 24.7. The smallest absolute Gasteiger partial charge is 0.243 e. The molecule has 0 atom stereocenters. The molecule has 0 saturated heterocycles. The number of nitrogens with zero attached hydrogens (tertiary/aromatic N) is 2. The zero-order chi connectivity index (χ0) is 23.9. The fraction of sp³-hybridized carbons (Fsp3) is 0.148. The van der Waals surface area contributed by atoms with Gasteiger partial charge in [0, 0.05) is 28.0 Å². The van der Waals surface area contributed by atoms with Gasteiger partial charge in [-0.1, -0.05) is 67.1 Å². The van der Waals surface area contributed by atoms with E-state index in [0.717, 1.165) is 34.5 Å². The summed E-state index contributed by atoms with van der Waals surface area (Å²) in [6.45, 7) is 1.92. The summed E-state index contributed by atoms with van der Waals surface area (Å²) >= 11 is 6.04. The molecule has 172 valence electrons. The molecule has 4 rings (SSSR count). The molecule has 0 aliphatic rings. The lowest BCUT2D eigenvalue weighted by molar-refractivity contribution is -0.123. The fourth-order valence-electron chi connectivity index (χ4n) is 3.66. The second-order valence-corrected chi connectivity index (χ2v) is 8.24. The highest BCUT2D eigenvalue weighted by Gasteiger charge is 2.16. The average Bonchev–Trinajstić information content (AvgIpc) is 3.28. The Bertz CT molecular complexity index is 1280. The highest BCUT2D eigenvalue weighted by Crippen LogP contribution is 2.25. The van der Waals surface area contributed by atoms with Crippen LogP contribution < -0.4 is 10.6 Å². The van der Waals surface area contributed by atoms with Crippen LogP contribution in [0.5, 0.6) is 0 Å². The molecule has 1 heterocycles. The van der Waals surface area contributed by atoms with Gasteiger partial charge in [0.2, 0.25) is 11.8 Å². The van der Waals surface area contributed by atoms with Crippen LogP contribution in [0.1, 0.15) is 18.1 Å². The monoisotopic (exact) mass is 472 g/mol. The minimum atomic E-state index is -0.271. The molecule has 4 aromatic rings. The van der Waals surface area contributed by atoms with Crippen LogP contribution in [-0.4, -0.2) is 28.1 Å². The van der Waals surface area contributed by atoms with E-state index >= 15 is 0 Å². The van der Waals surface area contributed by atoms with Crippen LogP contribution in [-0.2, 0) is 22.4 Å². The minimum Gasteiger partial charge on any atom is -0.347 e. The molecule has 0 fully saturated rings. The number of nitrogens with one attached hydrogen (secondary N) is 2. The Morgan fingerprint density at radius 1 is 0.882 bits per heavy atom. The van der Waals surface area contributed by atoms with Crippen molar-refractivity contribution < 1.29 is 9.59 Å². The summed E-state index contributed by atoms with van der Waals surface area (Å²) in [6.07, 6.45) is 2.74. The predicted octanol–water partition coefficient (Wildman–Crippen LogP) is 5.05. The van der Waals surface area contributed by atoms with E-state index in [4.69, 9.17) is 16.7 Å². The lowest BCUT2D eigenvalue weighted by Gasteiger charge is -2.10. The van der Waals surface area contributed by atoms with Crippen molar-refractivity contribution in [2.75, 3.05) is 11.9 Å². The Morgan fingerprint density at radius 2 is 1.59 bits per heavy atom. The molecule has 0 saturated carbocycles. The zero-order valence-corrected chi connectivity index (χ0v) is 19.5. The van der Waals surface area contributed by atoms with E-state index in [1.807, 2.05) is 79.9 Å². The molecule has 0 aliphatic heterocycles. The molecule has 2 N–H and O–H groups in total. The number of amides is 2. The summed E-state index contributed by atoms with van der Waals surface area (Å²) < 4.78 is 1.75. The van der Waals surface area contributed by atoms with E-state index in [1.54, 1.807) is 16.8 Å². The SMILES string of the molecule is CCc1ccccc1NC(=O)CNC(=O)Cc1cn(-c2ccccc2)nc1-c1ccc(Cl)cc1. The first-order valence-electron chi connectivity index (χ1n) is 11.1. The maximum Gasteiger partial charge on any atom is 0.243 e. The van der Waals surface area contributed by atoms with Crippen molar-refractivity contribution in [2.24, 2.45) is 0 Å². The number of benzene rings is 3. The standard InChI is InChI=1S/C27H25ClN4O2/c1-2-19-8-6-7-11-24(19)30-26(34)17-29-25(33)16-21-18-32(23-9-4-3-5-10-23)31-27(21)20-12-14-22(28)15-13-20/h3-15,18H,2,16-17H2,1H3,(H,29,33)(H,30,34). The molecule has 2 amide bonds. The lowest BCUT2D eigenvalue weighted by atomic mass is 10.1. The number of carbonyl (C=O) groups excluding carboxylic acids is 2. The van der Waals surface area contributed by atoms with Gasteiger partial charge in [0.05, 0.1) is 24.3 Å². The second-order valence-electron chi connectivity index (χ2n) is 7.80. The first kappa shape index (κ1) is 23.3. The van der Waals surface area contributed by atoms with E-state index in [2.05, 4.69) is 10.6 Å². The average molecular weight is 473 g/mol. The first-order valence-corrected chi connectivity index (χ1v) is 11.5. The molecule has 1 aromatic heterocycles. The molecule has 34 heavy (non-hydrogen) atoms. The highest BCUT2D eigenvalue weighted by atomic mass is 35.5. The molecule has 0 spiro atoms. The number of aromatic nitrogens is 2. The minimum absolute atomic E-state index is 0.0869. The van der Waals surface area contributed by atoms with E-state index in [-0.39, 0.29) is 24.8 Å². The van der Waals surface area contributed by atoms with Gasteiger partial charge in [0.1, 0.15) is 0 Å². The van der Waals surface area contributed by atoms with Crippen molar-refractivity contribution in [3.05, 3.63) is 101 Å². The van der Waals surface area contributed by atoms with E-state index < -0.39 is 0 Å². The molecule has 0 unspecified atom stereocenters. The molecule has 3 aromatic carbocycles. The third kappa shape index (κ3) is 5.71. The number of hydrogen-bond donors (Lipinski definition) is 2. The number of para-hydroxylation sites is 2. The van der Waals surface area contributed by atoms with Crippen LogP contribution in [0.3, 0.4) is 0 Å². The Morgan fingerprint density at radius 3 is 2.32 bits per heavy atom. The van der Waals surface area contributed by atoms with Crippen molar-refractivity contribution >= 4 is 29.1 Å². The summed E-state index contributed by atoms with van der Waals surface area (Å²) in [5.74, 6) is -0.533. The van der Waals surface area contributed by atoms with Gasteiger partial charge in [-0.15, -0.1) is 0 Å². The number of halogens is 1. The van der Waals surface area contributed by atoms with Crippen LogP contribution in [0.4, 0.5) is 5.69 Å². The molecular weight excluding hydrogens is 448 g/mol. The third-order valence-corrected chi connectivity index (χ3v) is 5.65. The highest BCUT2D eigenvalue weighted by molar-refractivity contribution is 6.30. The van der Waals surface area contributed by atoms with Crippen molar-refractivity contribution in [3.63, 3.8) is 0 Å². The van der Waals surface area contributed by atoms with Gasteiger partial charge in [-0.3, -0.25) is 9.59 Å². The van der Waals surface area contributed by atoms with Crippen LogP contribution in [0, 0.1) is 0 Å². The summed E-state index contributed by atoms with van der Waals surface area (Å²) in [5, 5.41) is 10.9.